The van der Waals surface area contributed by atoms with Gasteiger partial charge in [-0.25, -0.2) is 0 Å². The van der Waals surface area contributed by atoms with Crippen molar-refractivity contribution < 1.29 is 0 Å². The summed E-state index contributed by atoms with van der Waals surface area (Å²) in [5.41, 5.74) is 9.44. The molecule has 6 aromatic rings. The largest absolute Gasteiger partial charge is 0.192 e. The fourth-order valence-electron chi connectivity index (χ4n) is 5.83. The first-order valence-corrected chi connectivity index (χ1v) is 11.2. The summed E-state index contributed by atoms with van der Waals surface area (Å²) in [5, 5.41) is 17.7. The van der Waals surface area contributed by atoms with Crippen molar-refractivity contribution >= 4 is 37.9 Å². The molecule has 0 heterocycles. The highest BCUT2D eigenvalue weighted by Crippen LogP contribution is 2.51. The normalized spacial score (nSPS) is 12.4. The predicted octanol–water partition coefficient (Wildman–Crippen LogP) is 8.47. The Morgan fingerprint density at radius 1 is 0.636 bits per heavy atom. The highest BCUT2D eigenvalue weighted by atomic mass is 14.3. The molecule has 0 saturated carbocycles. The topological polar surface area (TPSA) is 23.8 Å². The summed E-state index contributed by atoms with van der Waals surface area (Å²) in [6.07, 6.45) is 0. The molecule has 0 bridgehead atoms. The van der Waals surface area contributed by atoms with Crippen molar-refractivity contribution in [1.29, 1.82) is 5.26 Å². The molecule has 1 aliphatic rings. The second kappa shape index (κ2) is 6.31. The Kier molecular flexibility index (Phi) is 3.48. The lowest BCUT2D eigenvalue weighted by atomic mass is 9.84. The van der Waals surface area contributed by atoms with Crippen LogP contribution >= 0.6 is 0 Å². The maximum absolute atomic E-state index is 10.0. The zero-order valence-corrected chi connectivity index (χ0v) is 18.2. The molecular formula is C32H19N. The summed E-state index contributed by atoms with van der Waals surface area (Å²) < 4.78 is 0. The summed E-state index contributed by atoms with van der Waals surface area (Å²) >= 11 is 0. The Balaban J connectivity index is 1.65. The average molecular weight is 418 g/mol. The van der Waals surface area contributed by atoms with E-state index in [0.717, 1.165) is 44.5 Å². The van der Waals surface area contributed by atoms with Gasteiger partial charge in [0, 0.05) is 5.56 Å². The van der Waals surface area contributed by atoms with E-state index in [9.17, 15) is 5.26 Å². The van der Waals surface area contributed by atoms with E-state index in [0.29, 0.717) is 0 Å². The molecular weight excluding hydrogens is 398 g/mol. The van der Waals surface area contributed by atoms with E-state index in [4.69, 9.17) is 0 Å². The molecule has 1 aliphatic carbocycles. The minimum atomic E-state index is 0.748. The van der Waals surface area contributed by atoms with Crippen molar-refractivity contribution in [2.45, 2.75) is 6.92 Å². The molecule has 152 valence electrons. The van der Waals surface area contributed by atoms with E-state index in [1.165, 1.54) is 37.9 Å². The minimum Gasteiger partial charge on any atom is -0.192 e. The van der Waals surface area contributed by atoms with Crippen LogP contribution < -0.4 is 0 Å². The quantitative estimate of drug-likeness (QED) is 0.246. The van der Waals surface area contributed by atoms with Gasteiger partial charge >= 0.3 is 0 Å². The van der Waals surface area contributed by atoms with Crippen molar-refractivity contribution in [1.82, 2.24) is 0 Å². The Hall–Kier alpha value is -4.41. The Morgan fingerprint density at radius 2 is 1.30 bits per heavy atom. The summed E-state index contributed by atoms with van der Waals surface area (Å²) in [5.74, 6) is 0. The molecule has 0 atom stereocenters. The monoisotopic (exact) mass is 417 g/mol. The van der Waals surface area contributed by atoms with Crippen molar-refractivity contribution in [3.8, 4) is 28.3 Å². The fourth-order valence-corrected chi connectivity index (χ4v) is 5.83. The number of nitriles is 1. The second-order valence-electron chi connectivity index (χ2n) is 8.97. The first-order valence-electron chi connectivity index (χ1n) is 11.2. The fraction of sp³-hybridized carbons (Fsp3) is 0.0312. The van der Waals surface area contributed by atoms with E-state index in [2.05, 4.69) is 85.4 Å². The Bertz CT molecular complexity index is 1830. The van der Waals surface area contributed by atoms with E-state index >= 15 is 0 Å². The molecule has 6 aromatic carbocycles. The van der Waals surface area contributed by atoms with Gasteiger partial charge in [0.2, 0.25) is 0 Å². The van der Waals surface area contributed by atoms with Crippen LogP contribution in [0, 0.1) is 18.3 Å². The molecule has 0 unspecified atom stereocenters. The number of hydrogen-bond donors (Lipinski definition) is 0. The van der Waals surface area contributed by atoms with Gasteiger partial charge in [-0.3, -0.25) is 0 Å². The third-order valence-electron chi connectivity index (χ3n) is 7.28. The van der Waals surface area contributed by atoms with Crippen LogP contribution in [0.25, 0.3) is 60.1 Å². The van der Waals surface area contributed by atoms with Crippen LogP contribution in [0.15, 0.2) is 91.5 Å². The molecule has 1 nitrogen and oxygen atoms in total. The van der Waals surface area contributed by atoms with Crippen molar-refractivity contribution in [2.24, 2.45) is 0 Å². The lowest BCUT2D eigenvalue weighted by Crippen LogP contribution is -1.95. The summed E-state index contributed by atoms with van der Waals surface area (Å²) in [4.78, 5) is 0. The zero-order valence-electron chi connectivity index (χ0n) is 18.2. The molecule has 0 aromatic heterocycles. The predicted molar refractivity (Wildman–Crippen MR) is 139 cm³/mol. The maximum Gasteiger partial charge on any atom is 0.100 e. The van der Waals surface area contributed by atoms with Gasteiger partial charge in [0.15, 0.2) is 0 Å². The van der Waals surface area contributed by atoms with E-state index in [1.807, 2.05) is 19.1 Å². The van der Waals surface area contributed by atoms with Gasteiger partial charge in [0.25, 0.3) is 0 Å². The second-order valence-corrected chi connectivity index (χ2v) is 8.97. The van der Waals surface area contributed by atoms with E-state index < -0.39 is 0 Å². The lowest BCUT2D eigenvalue weighted by molar-refractivity contribution is 1.39. The molecule has 0 fully saturated rings. The first kappa shape index (κ1) is 18.2. The molecule has 0 amide bonds. The molecule has 0 N–H and O–H groups in total. The van der Waals surface area contributed by atoms with Crippen LogP contribution in [0.5, 0.6) is 0 Å². The Labute approximate surface area is 192 Å². The molecule has 7 rings (SSSR count). The summed E-state index contributed by atoms with van der Waals surface area (Å²) in [7, 11) is 0. The third-order valence-corrected chi connectivity index (χ3v) is 7.28. The number of hydrogen-bond acceptors (Lipinski definition) is 1. The van der Waals surface area contributed by atoms with Crippen LogP contribution in [-0.4, -0.2) is 0 Å². The van der Waals surface area contributed by atoms with Crippen molar-refractivity contribution in [2.75, 3.05) is 0 Å². The Morgan fingerprint density at radius 3 is 2.06 bits per heavy atom. The van der Waals surface area contributed by atoms with Gasteiger partial charge in [-0.15, -0.1) is 0 Å². The van der Waals surface area contributed by atoms with Crippen LogP contribution in [0.4, 0.5) is 0 Å². The van der Waals surface area contributed by atoms with Gasteiger partial charge in [-0.1, -0.05) is 85.4 Å². The van der Waals surface area contributed by atoms with Crippen molar-refractivity contribution in [3.05, 3.63) is 114 Å². The van der Waals surface area contributed by atoms with Crippen LogP contribution in [0.1, 0.15) is 22.3 Å². The average Bonchev–Trinajstić information content (AvgIpc) is 3.15. The number of nitrogens with zero attached hydrogens (tertiary/aromatic N) is 1. The van der Waals surface area contributed by atoms with Gasteiger partial charge in [-0.05, 0) is 84.3 Å². The van der Waals surface area contributed by atoms with Crippen molar-refractivity contribution in [3.63, 3.8) is 0 Å². The SMILES string of the molecule is C=C1c2ccccc2-c2c(C#N)c(C)cc(-c3ccc4ccc5cccc6ccc3c4c56)c21. The molecule has 0 aliphatic heterocycles. The van der Waals surface area contributed by atoms with Crippen LogP contribution in [0.2, 0.25) is 0 Å². The number of rotatable bonds is 1. The van der Waals surface area contributed by atoms with Crippen LogP contribution in [-0.2, 0) is 0 Å². The molecule has 1 heteroatoms. The zero-order chi connectivity index (χ0) is 22.3. The first-order chi connectivity index (χ1) is 16.2. The number of benzene rings is 6. The summed E-state index contributed by atoms with van der Waals surface area (Å²) in [6, 6.07) is 32.9. The third kappa shape index (κ3) is 2.25. The number of fused-ring (bicyclic) bond motifs is 3. The smallest absolute Gasteiger partial charge is 0.100 e. The summed E-state index contributed by atoms with van der Waals surface area (Å²) in [6.45, 7) is 6.52. The molecule has 0 saturated heterocycles. The highest BCUT2D eigenvalue weighted by molar-refractivity contribution is 6.26. The minimum absolute atomic E-state index is 0.748. The van der Waals surface area contributed by atoms with Gasteiger partial charge in [-0.2, -0.15) is 5.26 Å². The van der Waals surface area contributed by atoms with E-state index in [-0.39, 0.29) is 0 Å². The molecule has 33 heavy (non-hydrogen) atoms. The molecule has 0 radical (unpaired) electrons. The van der Waals surface area contributed by atoms with Gasteiger partial charge in [0.1, 0.15) is 6.07 Å². The highest BCUT2D eigenvalue weighted by Gasteiger charge is 2.29. The molecule has 0 spiro atoms. The van der Waals surface area contributed by atoms with Gasteiger partial charge < -0.3 is 0 Å². The standard InChI is InChI=1S/C32H19N/c1-18-16-27(29-19(2)23-8-3-4-9-25(23)32(29)28(18)17-33)24-14-12-22-11-10-20-6-5-7-21-13-15-26(24)31(22)30(20)21/h3-16H,2H2,1H3. The van der Waals surface area contributed by atoms with Crippen LogP contribution in [0.3, 0.4) is 0 Å². The number of aryl methyl sites for hydroxylation is 1. The van der Waals surface area contributed by atoms with E-state index in [1.54, 1.807) is 0 Å². The lowest BCUT2D eigenvalue weighted by Gasteiger charge is -2.18. The van der Waals surface area contributed by atoms with Gasteiger partial charge in [0.05, 0.1) is 5.56 Å². The maximum atomic E-state index is 10.0.